The molecule has 18 heavy (non-hydrogen) atoms. The Labute approximate surface area is 106 Å². The Bertz CT molecular complexity index is 549. The van der Waals surface area contributed by atoms with Crippen LogP contribution in [0.3, 0.4) is 0 Å². The number of carboxylic acids is 1. The second-order valence-electron chi connectivity index (χ2n) is 4.79. The number of carbonyl (C=O) groups is 1. The molecule has 1 aliphatic heterocycles. The van der Waals surface area contributed by atoms with E-state index >= 15 is 0 Å². The fraction of sp³-hybridized carbons (Fsp3) is 0.636. The molecule has 0 amide bonds. The summed E-state index contributed by atoms with van der Waals surface area (Å²) in [5.74, 6) is -1.82. The van der Waals surface area contributed by atoms with E-state index in [-0.39, 0.29) is 23.8 Å². The van der Waals surface area contributed by atoms with Crippen molar-refractivity contribution in [1.82, 2.24) is 9.78 Å². The number of aromatic nitrogens is 2. The maximum absolute atomic E-state index is 11.4. The molecule has 0 spiro atoms. The SMILES string of the molecule is Cn1ccc(CC(C(=O)O)C2CCS(=O)(=O)C2)n1. The summed E-state index contributed by atoms with van der Waals surface area (Å²) in [5, 5.41) is 13.4. The molecule has 0 radical (unpaired) electrons. The topological polar surface area (TPSA) is 89.3 Å². The highest BCUT2D eigenvalue weighted by molar-refractivity contribution is 7.91. The van der Waals surface area contributed by atoms with E-state index in [2.05, 4.69) is 5.10 Å². The first-order chi connectivity index (χ1) is 8.37. The van der Waals surface area contributed by atoms with Gasteiger partial charge in [0.2, 0.25) is 0 Å². The largest absolute Gasteiger partial charge is 0.481 e. The maximum Gasteiger partial charge on any atom is 0.307 e. The van der Waals surface area contributed by atoms with Crippen LogP contribution in [0.1, 0.15) is 12.1 Å². The number of hydrogen-bond donors (Lipinski definition) is 1. The summed E-state index contributed by atoms with van der Waals surface area (Å²) in [4.78, 5) is 11.3. The molecule has 2 unspecified atom stereocenters. The average molecular weight is 272 g/mol. The maximum atomic E-state index is 11.4. The molecule has 1 aromatic rings. The Kier molecular flexibility index (Phi) is 3.43. The van der Waals surface area contributed by atoms with Crippen LogP contribution in [0.2, 0.25) is 0 Å². The third-order valence-corrected chi connectivity index (χ3v) is 5.15. The van der Waals surface area contributed by atoms with Crippen molar-refractivity contribution in [3.8, 4) is 0 Å². The molecule has 7 heteroatoms. The van der Waals surface area contributed by atoms with Gasteiger partial charge in [0.05, 0.1) is 23.1 Å². The van der Waals surface area contributed by atoms with Gasteiger partial charge >= 0.3 is 5.97 Å². The van der Waals surface area contributed by atoms with Gasteiger partial charge in [-0.15, -0.1) is 0 Å². The van der Waals surface area contributed by atoms with Crippen LogP contribution in [0.15, 0.2) is 12.3 Å². The fourth-order valence-electron chi connectivity index (χ4n) is 2.39. The third kappa shape index (κ3) is 2.90. The zero-order valence-electron chi connectivity index (χ0n) is 10.1. The number of rotatable bonds is 4. The van der Waals surface area contributed by atoms with Crippen LogP contribution < -0.4 is 0 Å². The molecule has 1 aromatic heterocycles. The van der Waals surface area contributed by atoms with E-state index in [4.69, 9.17) is 0 Å². The van der Waals surface area contributed by atoms with Crippen molar-refractivity contribution in [2.45, 2.75) is 12.8 Å². The Balaban J connectivity index is 2.12. The van der Waals surface area contributed by atoms with E-state index < -0.39 is 21.7 Å². The van der Waals surface area contributed by atoms with Crippen LogP contribution in [-0.2, 0) is 28.1 Å². The Hall–Kier alpha value is -1.37. The minimum absolute atomic E-state index is 0.0171. The second kappa shape index (κ2) is 4.72. The average Bonchev–Trinajstić information content (AvgIpc) is 2.81. The molecule has 0 aliphatic carbocycles. The number of carboxylic acid groups (broad SMARTS) is 1. The van der Waals surface area contributed by atoms with Gasteiger partial charge in [-0.2, -0.15) is 5.10 Å². The highest BCUT2D eigenvalue weighted by Crippen LogP contribution is 2.28. The van der Waals surface area contributed by atoms with Gasteiger partial charge in [-0.1, -0.05) is 0 Å². The summed E-state index contributed by atoms with van der Waals surface area (Å²) in [6.07, 6.45) is 2.47. The van der Waals surface area contributed by atoms with Gasteiger partial charge in [-0.3, -0.25) is 9.48 Å². The van der Waals surface area contributed by atoms with E-state index in [1.165, 1.54) is 0 Å². The molecule has 100 valence electrons. The predicted octanol–water partition coefficient (Wildman–Crippen LogP) is 0.0981. The molecule has 0 saturated carbocycles. The van der Waals surface area contributed by atoms with Crippen molar-refractivity contribution in [2.75, 3.05) is 11.5 Å². The summed E-state index contributed by atoms with van der Waals surface area (Å²) in [5.41, 5.74) is 0.689. The van der Waals surface area contributed by atoms with Crippen molar-refractivity contribution in [3.05, 3.63) is 18.0 Å². The number of hydrogen-bond acceptors (Lipinski definition) is 4. The number of sulfone groups is 1. The third-order valence-electron chi connectivity index (χ3n) is 3.35. The first kappa shape index (κ1) is 13.1. The number of nitrogens with zero attached hydrogens (tertiary/aromatic N) is 2. The molecule has 2 heterocycles. The molecule has 2 rings (SSSR count). The summed E-state index contributed by atoms with van der Waals surface area (Å²) >= 11 is 0. The zero-order valence-corrected chi connectivity index (χ0v) is 10.9. The van der Waals surface area contributed by atoms with Gasteiger partial charge < -0.3 is 5.11 Å². The lowest BCUT2D eigenvalue weighted by Gasteiger charge is -2.16. The normalized spacial score (nSPS) is 23.9. The molecular weight excluding hydrogens is 256 g/mol. The van der Waals surface area contributed by atoms with Gasteiger partial charge in [0.1, 0.15) is 0 Å². The minimum atomic E-state index is -3.05. The fourth-order valence-corrected chi connectivity index (χ4v) is 4.27. The van der Waals surface area contributed by atoms with Gasteiger partial charge in [0.25, 0.3) is 0 Å². The van der Waals surface area contributed by atoms with Gasteiger partial charge in [-0.05, 0) is 18.4 Å². The molecule has 2 atom stereocenters. The van der Waals surface area contributed by atoms with Crippen LogP contribution in [0.4, 0.5) is 0 Å². The summed E-state index contributed by atoms with van der Waals surface area (Å²) < 4.78 is 24.4. The van der Waals surface area contributed by atoms with Crippen molar-refractivity contribution >= 4 is 15.8 Å². The van der Waals surface area contributed by atoms with Crippen LogP contribution in [0.25, 0.3) is 0 Å². The van der Waals surface area contributed by atoms with Crippen molar-refractivity contribution in [2.24, 2.45) is 18.9 Å². The van der Waals surface area contributed by atoms with E-state index in [0.717, 1.165) is 0 Å². The first-order valence-corrected chi connectivity index (χ1v) is 7.61. The van der Waals surface area contributed by atoms with E-state index in [0.29, 0.717) is 12.1 Å². The summed E-state index contributed by atoms with van der Waals surface area (Å²) in [6, 6.07) is 1.76. The van der Waals surface area contributed by atoms with Gasteiger partial charge in [0, 0.05) is 19.7 Å². The van der Waals surface area contributed by atoms with Gasteiger partial charge in [0.15, 0.2) is 9.84 Å². The van der Waals surface area contributed by atoms with Crippen molar-refractivity contribution in [1.29, 1.82) is 0 Å². The van der Waals surface area contributed by atoms with Crippen LogP contribution in [0.5, 0.6) is 0 Å². The molecular formula is C11H16N2O4S. The lowest BCUT2D eigenvalue weighted by Crippen LogP contribution is -2.27. The molecule has 0 aromatic carbocycles. The summed E-state index contributed by atoms with van der Waals surface area (Å²) in [7, 11) is -1.29. The first-order valence-electron chi connectivity index (χ1n) is 5.79. The highest BCUT2D eigenvalue weighted by Gasteiger charge is 2.37. The quantitative estimate of drug-likeness (QED) is 0.839. The van der Waals surface area contributed by atoms with Crippen molar-refractivity contribution in [3.63, 3.8) is 0 Å². The standard InChI is InChI=1S/C11H16N2O4S/c1-13-4-2-9(12-13)6-10(11(14)15)8-3-5-18(16,17)7-8/h2,4,8,10H,3,5-7H2,1H3,(H,14,15). The Morgan fingerprint density at radius 3 is 2.83 bits per heavy atom. The van der Waals surface area contributed by atoms with Crippen molar-refractivity contribution < 1.29 is 18.3 Å². The van der Waals surface area contributed by atoms with E-state index in [1.54, 1.807) is 24.0 Å². The second-order valence-corrected chi connectivity index (χ2v) is 7.02. The summed E-state index contributed by atoms with van der Waals surface area (Å²) in [6.45, 7) is 0. The van der Waals surface area contributed by atoms with E-state index in [1.807, 2.05) is 0 Å². The molecule has 1 aliphatic rings. The van der Waals surface area contributed by atoms with Gasteiger partial charge in [-0.25, -0.2) is 8.42 Å². The molecule has 1 saturated heterocycles. The molecule has 6 nitrogen and oxygen atoms in total. The minimum Gasteiger partial charge on any atom is -0.481 e. The predicted molar refractivity (Wildman–Crippen MR) is 64.8 cm³/mol. The molecule has 1 N–H and O–H groups in total. The number of aliphatic carboxylic acids is 1. The zero-order chi connectivity index (χ0) is 13.3. The Morgan fingerprint density at radius 2 is 2.39 bits per heavy atom. The van der Waals surface area contributed by atoms with Crippen LogP contribution in [0, 0.1) is 11.8 Å². The number of aryl methyl sites for hydroxylation is 1. The monoisotopic (exact) mass is 272 g/mol. The van der Waals surface area contributed by atoms with E-state index in [9.17, 15) is 18.3 Å². The smallest absolute Gasteiger partial charge is 0.307 e. The molecule has 0 bridgehead atoms. The lowest BCUT2D eigenvalue weighted by atomic mass is 9.88. The lowest BCUT2D eigenvalue weighted by molar-refractivity contribution is -0.143. The van der Waals surface area contributed by atoms with Crippen LogP contribution >= 0.6 is 0 Å². The van der Waals surface area contributed by atoms with Crippen LogP contribution in [-0.4, -0.2) is 40.8 Å². The molecule has 1 fully saturated rings. The highest BCUT2D eigenvalue weighted by atomic mass is 32.2. The Morgan fingerprint density at radius 1 is 1.67 bits per heavy atom.